The third kappa shape index (κ3) is 3.42. The number of hydrogen-bond donors (Lipinski definition) is 2. The van der Waals surface area contributed by atoms with E-state index in [1.54, 1.807) is 13.0 Å². The van der Waals surface area contributed by atoms with Crippen LogP contribution < -0.4 is 21.8 Å². The normalized spacial score (nSPS) is 12.6. The molecule has 3 aromatic rings. The van der Waals surface area contributed by atoms with Gasteiger partial charge in [-0.05, 0) is 42.7 Å². The Bertz CT molecular complexity index is 1180. The maximum atomic E-state index is 12.3. The van der Waals surface area contributed by atoms with E-state index in [4.69, 9.17) is 4.42 Å². The average molecular weight is 335 g/mol. The van der Waals surface area contributed by atoms with Crippen LogP contribution in [0.2, 0.25) is 0 Å². The van der Waals surface area contributed by atoms with Gasteiger partial charge in [0.15, 0.2) is 12.2 Å². The predicted molar refractivity (Wildman–Crippen MR) is 96.5 cm³/mol. The third-order valence-electron chi connectivity index (χ3n) is 3.74. The molecule has 1 aromatic carbocycles. The molecule has 0 radical (unpaired) electrons. The molecule has 0 fully saturated rings. The van der Waals surface area contributed by atoms with Crippen LogP contribution in [0.1, 0.15) is 29.5 Å². The molecule has 126 valence electrons. The Hall–Kier alpha value is -3.41. The molecule has 0 saturated carbocycles. The lowest BCUT2D eigenvalue weighted by Crippen LogP contribution is -2.46. The lowest BCUT2D eigenvalue weighted by molar-refractivity contribution is 0.544. The van der Waals surface area contributed by atoms with Crippen LogP contribution in [0, 0.1) is 6.92 Å². The number of nitrogens with one attached hydrogen (secondary N) is 2. The highest BCUT2D eigenvalue weighted by Crippen LogP contribution is 2.15. The Morgan fingerprint density at radius 3 is 2.40 bits per heavy atom. The number of aromatic nitrogens is 3. The molecule has 25 heavy (non-hydrogen) atoms. The zero-order chi connectivity index (χ0) is 18.0. The first-order valence-corrected chi connectivity index (χ1v) is 7.67. The number of allylic oxidation sites excluding steroid dienone is 1. The van der Waals surface area contributed by atoms with E-state index in [1.165, 1.54) is 12.5 Å². The molecule has 2 N–H and O–H groups in total. The molecule has 0 atom stereocenters. The molecule has 6 nitrogen and oxygen atoms in total. The van der Waals surface area contributed by atoms with Crippen molar-refractivity contribution in [3.63, 3.8) is 0 Å². The van der Waals surface area contributed by atoms with E-state index < -0.39 is 11.1 Å². The van der Waals surface area contributed by atoms with E-state index in [2.05, 4.69) is 21.5 Å². The van der Waals surface area contributed by atoms with Crippen molar-refractivity contribution in [3.05, 3.63) is 91.2 Å². The lowest BCUT2D eigenvalue weighted by Gasteiger charge is -1.98. The van der Waals surface area contributed by atoms with Gasteiger partial charge in [-0.25, -0.2) is 4.98 Å². The van der Waals surface area contributed by atoms with Gasteiger partial charge >= 0.3 is 0 Å². The largest absolute Gasteiger partial charge is 0.443 e. The van der Waals surface area contributed by atoms with Gasteiger partial charge < -0.3 is 14.4 Å². The summed E-state index contributed by atoms with van der Waals surface area (Å²) in [6.07, 6.45) is 4.38. The van der Waals surface area contributed by atoms with Crippen molar-refractivity contribution >= 4 is 17.7 Å². The summed E-state index contributed by atoms with van der Waals surface area (Å²) >= 11 is 0. The minimum atomic E-state index is -0.421. The highest BCUT2D eigenvalue weighted by Gasteiger charge is 2.07. The molecule has 6 heteroatoms. The number of hydrogen-bond acceptors (Lipinski definition) is 4. The zero-order valence-corrected chi connectivity index (χ0v) is 13.9. The summed E-state index contributed by atoms with van der Waals surface area (Å²) in [7, 11) is 0. The van der Waals surface area contributed by atoms with Crippen molar-refractivity contribution < 1.29 is 4.42 Å². The summed E-state index contributed by atoms with van der Waals surface area (Å²) in [5, 5.41) is 0.292. The molecule has 0 unspecified atom stereocenters. The molecule has 2 aromatic heterocycles. The van der Waals surface area contributed by atoms with Crippen LogP contribution in [0.5, 0.6) is 0 Å². The van der Waals surface area contributed by atoms with Crippen LogP contribution in [-0.4, -0.2) is 15.0 Å². The standard InChI is InChI=1S/C19H17N3O3/c1-11(2)17-14(20-10-25-17)9-16-19(24)21-15(18(23)22-16)8-13-7-5-4-6-12(13)3/h4-10H,1H2,2-3H3,(H,21,24)(H,22,23)/b15-8-,16-9-. The highest BCUT2D eigenvalue weighted by molar-refractivity contribution is 5.65. The van der Waals surface area contributed by atoms with Crippen LogP contribution in [-0.2, 0) is 0 Å². The first-order chi connectivity index (χ1) is 12.0. The van der Waals surface area contributed by atoms with Crippen molar-refractivity contribution in [2.45, 2.75) is 13.8 Å². The Balaban J connectivity index is 2.17. The van der Waals surface area contributed by atoms with Crippen molar-refractivity contribution in [2.75, 3.05) is 0 Å². The fraction of sp³-hybridized carbons (Fsp3) is 0.105. The summed E-state index contributed by atoms with van der Waals surface area (Å²) in [6, 6.07) is 7.59. The SMILES string of the molecule is C=C(C)c1ocnc1/C=c1\[nH]c(=O)/c(=C/c2ccccc2C)[nH]c1=O. The summed E-state index contributed by atoms with van der Waals surface area (Å²) in [5.74, 6) is 0.468. The quantitative estimate of drug-likeness (QED) is 0.748. The summed E-state index contributed by atoms with van der Waals surface area (Å²) in [5.41, 5.74) is 2.16. The Kier molecular flexibility index (Phi) is 4.35. The van der Waals surface area contributed by atoms with Crippen LogP contribution in [0.4, 0.5) is 0 Å². The number of benzene rings is 1. The van der Waals surface area contributed by atoms with Gasteiger partial charge in [-0.15, -0.1) is 0 Å². The molecule has 0 aliphatic heterocycles. The maximum Gasteiger partial charge on any atom is 0.272 e. The smallest absolute Gasteiger partial charge is 0.272 e. The van der Waals surface area contributed by atoms with E-state index >= 15 is 0 Å². The van der Waals surface area contributed by atoms with E-state index in [1.807, 2.05) is 31.2 Å². The Labute approximate surface area is 142 Å². The Morgan fingerprint density at radius 2 is 1.76 bits per heavy atom. The number of aromatic amines is 2. The second-order valence-electron chi connectivity index (χ2n) is 5.73. The van der Waals surface area contributed by atoms with Crippen LogP contribution in [0.15, 0.2) is 51.2 Å². The van der Waals surface area contributed by atoms with Crippen molar-refractivity contribution in [3.8, 4) is 0 Å². The fourth-order valence-corrected chi connectivity index (χ4v) is 2.41. The van der Waals surface area contributed by atoms with E-state index in [-0.39, 0.29) is 10.7 Å². The van der Waals surface area contributed by atoms with Crippen LogP contribution in [0.3, 0.4) is 0 Å². The topological polar surface area (TPSA) is 91.8 Å². The number of oxazole rings is 1. The van der Waals surface area contributed by atoms with Crippen LogP contribution >= 0.6 is 0 Å². The average Bonchev–Trinajstić information content (AvgIpc) is 3.02. The second-order valence-corrected chi connectivity index (χ2v) is 5.73. The van der Waals surface area contributed by atoms with Crippen LogP contribution in [0.25, 0.3) is 17.7 Å². The zero-order valence-electron chi connectivity index (χ0n) is 13.9. The van der Waals surface area contributed by atoms with E-state index in [0.29, 0.717) is 17.0 Å². The van der Waals surface area contributed by atoms with Crippen molar-refractivity contribution in [1.82, 2.24) is 15.0 Å². The Morgan fingerprint density at radius 1 is 1.12 bits per heavy atom. The second kappa shape index (κ2) is 6.60. The minimum Gasteiger partial charge on any atom is -0.443 e. The number of aryl methyl sites for hydroxylation is 1. The third-order valence-corrected chi connectivity index (χ3v) is 3.74. The predicted octanol–water partition coefficient (Wildman–Crippen LogP) is 1.05. The molecular weight excluding hydrogens is 318 g/mol. The minimum absolute atomic E-state index is 0.100. The first kappa shape index (κ1) is 16.4. The monoisotopic (exact) mass is 335 g/mol. The van der Waals surface area contributed by atoms with Gasteiger partial charge in [0, 0.05) is 0 Å². The lowest BCUT2D eigenvalue weighted by atomic mass is 10.1. The summed E-state index contributed by atoms with van der Waals surface area (Å²) in [4.78, 5) is 33.9. The molecule has 0 aliphatic rings. The highest BCUT2D eigenvalue weighted by atomic mass is 16.3. The number of H-pyrrole nitrogens is 2. The summed E-state index contributed by atoms with van der Waals surface area (Å²) < 4.78 is 5.23. The summed E-state index contributed by atoms with van der Waals surface area (Å²) in [6.45, 7) is 7.50. The van der Waals surface area contributed by atoms with Gasteiger partial charge in [0.25, 0.3) is 11.1 Å². The number of nitrogens with zero attached hydrogens (tertiary/aromatic N) is 1. The molecule has 0 spiro atoms. The van der Waals surface area contributed by atoms with Gasteiger partial charge in [-0.1, -0.05) is 30.8 Å². The molecule has 0 amide bonds. The van der Waals surface area contributed by atoms with Gasteiger partial charge in [0.1, 0.15) is 16.4 Å². The van der Waals surface area contributed by atoms with Gasteiger partial charge in [-0.3, -0.25) is 9.59 Å². The van der Waals surface area contributed by atoms with E-state index in [9.17, 15) is 9.59 Å². The maximum absolute atomic E-state index is 12.3. The van der Waals surface area contributed by atoms with E-state index in [0.717, 1.165) is 11.1 Å². The molecule has 3 rings (SSSR count). The molecular formula is C19H17N3O3. The molecule has 0 saturated heterocycles. The number of rotatable bonds is 3. The van der Waals surface area contributed by atoms with Gasteiger partial charge in [0.2, 0.25) is 0 Å². The van der Waals surface area contributed by atoms with Crippen molar-refractivity contribution in [2.24, 2.45) is 0 Å². The molecule has 2 heterocycles. The fourth-order valence-electron chi connectivity index (χ4n) is 2.41. The molecule has 0 bridgehead atoms. The van der Waals surface area contributed by atoms with Gasteiger partial charge in [0.05, 0.1) is 0 Å². The first-order valence-electron chi connectivity index (χ1n) is 7.67. The molecule has 0 aliphatic carbocycles. The van der Waals surface area contributed by atoms with Gasteiger partial charge in [-0.2, -0.15) is 0 Å². The van der Waals surface area contributed by atoms with Crippen molar-refractivity contribution in [1.29, 1.82) is 0 Å².